The highest BCUT2D eigenvalue weighted by molar-refractivity contribution is 9.10. The molecule has 1 aromatic rings. The Labute approximate surface area is 123 Å². The average molecular weight is 326 g/mol. The Morgan fingerprint density at radius 2 is 1.84 bits per heavy atom. The number of carbonyl (C=O) groups is 2. The molecule has 0 bridgehead atoms. The first-order valence-electron chi connectivity index (χ1n) is 6.59. The number of hydrogen-bond donors (Lipinski definition) is 0. The van der Waals surface area contributed by atoms with Crippen molar-refractivity contribution in [1.82, 2.24) is 0 Å². The Kier molecular flexibility index (Phi) is 6.78. The van der Waals surface area contributed by atoms with E-state index in [1.807, 2.05) is 30.3 Å². The third-order valence-corrected chi connectivity index (χ3v) is 3.93. The van der Waals surface area contributed by atoms with Crippen molar-refractivity contribution in [3.63, 3.8) is 0 Å². The number of ketones is 1. The lowest BCUT2D eigenvalue weighted by atomic mass is 10.2. The summed E-state index contributed by atoms with van der Waals surface area (Å²) in [6.07, 6.45) is 3.11. The summed E-state index contributed by atoms with van der Waals surface area (Å²) in [5.74, 6) is -0.351. The van der Waals surface area contributed by atoms with Crippen LogP contribution < -0.4 is 4.90 Å². The third-order valence-electron chi connectivity index (χ3n) is 2.89. The molecule has 1 atom stereocenters. The number of unbranched alkanes of at least 4 members (excludes halogenated alkanes) is 2. The molecule has 0 N–H and O–H groups in total. The summed E-state index contributed by atoms with van der Waals surface area (Å²) < 4.78 is 0. The normalized spacial score (nSPS) is 11.9. The molecule has 19 heavy (non-hydrogen) atoms. The van der Waals surface area contributed by atoms with Gasteiger partial charge in [-0.2, -0.15) is 0 Å². The summed E-state index contributed by atoms with van der Waals surface area (Å²) >= 11 is 3.17. The van der Waals surface area contributed by atoms with Crippen molar-refractivity contribution < 1.29 is 9.59 Å². The zero-order chi connectivity index (χ0) is 14.3. The highest BCUT2D eigenvalue weighted by Crippen LogP contribution is 2.18. The lowest BCUT2D eigenvalue weighted by molar-refractivity contribution is -0.124. The van der Waals surface area contributed by atoms with E-state index in [0.29, 0.717) is 6.54 Å². The quantitative estimate of drug-likeness (QED) is 0.436. The Hall–Kier alpha value is -1.16. The molecule has 4 heteroatoms. The number of alkyl halides is 1. The minimum absolute atomic E-state index is 0.165. The monoisotopic (exact) mass is 325 g/mol. The molecule has 0 aromatic heterocycles. The van der Waals surface area contributed by atoms with Gasteiger partial charge in [0.2, 0.25) is 5.91 Å². The molecule has 0 aliphatic carbocycles. The molecule has 0 aliphatic heterocycles. The van der Waals surface area contributed by atoms with Crippen molar-refractivity contribution in [1.29, 1.82) is 0 Å². The van der Waals surface area contributed by atoms with E-state index in [0.717, 1.165) is 24.9 Å². The Morgan fingerprint density at radius 1 is 1.21 bits per heavy atom. The van der Waals surface area contributed by atoms with E-state index in [4.69, 9.17) is 0 Å². The molecule has 1 rings (SSSR count). The van der Waals surface area contributed by atoms with Crippen LogP contribution >= 0.6 is 15.9 Å². The van der Waals surface area contributed by atoms with Crippen LogP contribution in [0, 0.1) is 0 Å². The summed E-state index contributed by atoms with van der Waals surface area (Å²) in [5.41, 5.74) is 0.842. The van der Waals surface area contributed by atoms with Crippen molar-refractivity contribution in [2.75, 3.05) is 11.4 Å². The molecule has 0 spiro atoms. The van der Waals surface area contributed by atoms with Crippen LogP contribution in [-0.4, -0.2) is 23.1 Å². The van der Waals surface area contributed by atoms with E-state index in [1.165, 1.54) is 6.92 Å². The van der Waals surface area contributed by atoms with Gasteiger partial charge < -0.3 is 4.90 Å². The first-order chi connectivity index (χ1) is 9.07. The SMILES string of the molecule is CCCCCN(C(=O)C(Br)C(C)=O)c1ccccc1. The molecule has 0 saturated heterocycles. The fraction of sp³-hybridized carbons (Fsp3) is 0.467. The van der Waals surface area contributed by atoms with Crippen LogP contribution in [0.2, 0.25) is 0 Å². The van der Waals surface area contributed by atoms with Gasteiger partial charge in [-0.3, -0.25) is 9.59 Å². The molecule has 1 unspecified atom stereocenters. The number of hydrogen-bond acceptors (Lipinski definition) is 2. The predicted octanol–water partition coefficient (Wildman–Crippen LogP) is 3.56. The smallest absolute Gasteiger partial charge is 0.248 e. The van der Waals surface area contributed by atoms with Crippen molar-refractivity contribution in [3.8, 4) is 0 Å². The molecule has 0 fully saturated rings. The summed E-state index contributed by atoms with van der Waals surface area (Å²) in [7, 11) is 0. The number of Topliss-reactive ketones (excluding diaryl/α,β-unsaturated/α-hetero) is 1. The highest BCUT2D eigenvalue weighted by Gasteiger charge is 2.26. The van der Waals surface area contributed by atoms with Crippen molar-refractivity contribution in [2.45, 2.75) is 37.9 Å². The maximum absolute atomic E-state index is 12.3. The van der Waals surface area contributed by atoms with Gasteiger partial charge in [-0.25, -0.2) is 0 Å². The Morgan fingerprint density at radius 3 is 2.37 bits per heavy atom. The van der Waals surface area contributed by atoms with E-state index >= 15 is 0 Å². The van der Waals surface area contributed by atoms with Crippen LogP contribution in [0.25, 0.3) is 0 Å². The maximum Gasteiger partial charge on any atom is 0.248 e. The zero-order valence-electron chi connectivity index (χ0n) is 11.4. The van der Waals surface area contributed by atoms with E-state index in [2.05, 4.69) is 22.9 Å². The van der Waals surface area contributed by atoms with Crippen molar-refractivity contribution in [2.24, 2.45) is 0 Å². The molecule has 0 heterocycles. The molecule has 0 aliphatic rings. The van der Waals surface area contributed by atoms with Gasteiger partial charge in [0.1, 0.15) is 0 Å². The molecule has 104 valence electrons. The van der Waals surface area contributed by atoms with Gasteiger partial charge in [-0.15, -0.1) is 0 Å². The van der Waals surface area contributed by atoms with Crippen LogP contribution in [0.1, 0.15) is 33.1 Å². The van der Waals surface area contributed by atoms with Gasteiger partial charge in [0.15, 0.2) is 10.6 Å². The fourth-order valence-electron chi connectivity index (χ4n) is 1.81. The standard InChI is InChI=1S/C15H20BrNO2/c1-3-4-8-11-17(13-9-6-5-7-10-13)15(19)14(16)12(2)18/h5-7,9-10,14H,3-4,8,11H2,1-2H3. The van der Waals surface area contributed by atoms with Crippen LogP contribution in [0.3, 0.4) is 0 Å². The van der Waals surface area contributed by atoms with E-state index in [9.17, 15) is 9.59 Å². The van der Waals surface area contributed by atoms with Gasteiger partial charge in [0, 0.05) is 12.2 Å². The first-order valence-corrected chi connectivity index (χ1v) is 7.50. The van der Waals surface area contributed by atoms with Crippen molar-refractivity contribution >= 4 is 33.3 Å². The van der Waals surface area contributed by atoms with E-state index < -0.39 is 4.83 Å². The Bertz CT molecular complexity index is 419. The highest BCUT2D eigenvalue weighted by atomic mass is 79.9. The first kappa shape index (κ1) is 15.9. The van der Waals surface area contributed by atoms with Crippen LogP contribution in [0.5, 0.6) is 0 Å². The number of anilines is 1. The summed E-state index contributed by atoms with van der Waals surface area (Å²) in [4.78, 5) is 24.6. The van der Waals surface area contributed by atoms with Crippen molar-refractivity contribution in [3.05, 3.63) is 30.3 Å². The minimum atomic E-state index is -0.755. The van der Waals surface area contributed by atoms with Gasteiger partial charge in [0.25, 0.3) is 0 Å². The number of benzene rings is 1. The zero-order valence-corrected chi connectivity index (χ0v) is 13.0. The molecule has 0 radical (unpaired) electrons. The summed E-state index contributed by atoms with van der Waals surface area (Å²) in [5, 5.41) is 0. The van der Waals surface area contributed by atoms with Gasteiger partial charge >= 0.3 is 0 Å². The number of carbonyl (C=O) groups excluding carboxylic acids is 2. The van der Waals surface area contributed by atoms with Crippen LogP contribution in [0.4, 0.5) is 5.69 Å². The van der Waals surface area contributed by atoms with Crippen LogP contribution in [0.15, 0.2) is 30.3 Å². The molecule has 3 nitrogen and oxygen atoms in total. The fourth-order valence-corrected chi connectivity index (χ4v) is 2.05. The topological polar surface area (TPSA) is 37.4 Å². The second-order valence-corrected chi connectivity index (χ2v) is 5.42. The second kappa shape index (κ2) is 8.10. The molecule has 0 saturated carbocycles. The summed E-state index contributed by atoms with van der Waals surface area (Å²) in [6.45, 7) is 4.19. The number of rotatable bonds is 7. The molecular weight excluding hydrogens is 306 g/mol. The number of para-hydroxylation sites is 1. The van der Waals surface area contributed by atoms with Gasteiger partial charge in [0.05, 0.1) is 0 Å². The predicted molar refractivity (Wildman–Crippen MR) is 81.7 cm³/mol. The largest absolute Gasteiger partial charge is 0.311 e. The molecular formula is C15H20BrNO2. The third kappa shape index (κ3) is 4.78. The van der Waals surface area contributed by atoms with Crippen LogP contribution in [-0.2, 0) is 9.59 Å². The summed E-state index contributed by atoms with van der Waals surface area (Å²) in [6, 6.07) is 9.49. The lowest BCUT2D eigenvalue weighted by Crippen LogP contribution is -2.40. The lowest BCUT2D eigenvalue weighted by Gasteiger charge is -2.24. The van der Waals surface area contributed by atoms with E-state index in [1.54, 1.807) is 4.90 Å². The van der Waals surface area contributed by atoms with Gasteiger partial charge in [-0.1, -0.05) is 53.9 Å². The van der Waals surface area contributed by atoms with Gasteiger partial charge in [-0.05, 0) is 25.5 Å². The minimum Gasteiger partial charge on any atom is -0.311 e. The number of nitrogens with zero attached hydrogens (tertiary/aromatic N) is 1. The maximum atomic E-state index is 12.3. The molecule has 1 aromatic carbocycles. The average Bonchev–Trinajstić information content (AvgIpc) is 2.43. The number of halogens is 1. The second-order valence-electron chi connectivity index (χ2n) is 4.51. The number of amides is 1. The van der Waals surface area contributed by atoms with E-state index in [-0.39, 0.29) is 11.7 Å². The Balaban J connectivity index is 2.86. The molecule has 1 amide bonds.